The maximum Gasteiger partial charge on any atom is 0.303 e. The van der Waals surface area contributed by atoms with Gasteiger partial charge in [-0.3, -0.25) is 4.79 Å². The van der Waals surface area contributed by atoms with Gasteiger partial charge in [-0.25, -0.2) is 0 Å². The van der Waals surface area contributed by atoms with E-state index < -0.39 is 5.97 Å². The Balaban J connectivity index is 2.82. The first-order valence-electron chi connectivity index (χ1n) is 2.13. The molecule has 3 heteroatoms. The Morgan fingerprint density at radius 1 is 1.86 bits per heavy atom. The van der Waals surface area contributed by atoms with Gasteiger partial charge in [-0.1, -0.05) is 12.6 Å². The van der Waals surface area contributed by atoms with Gasteiger partial charge < -0.3 is 5.11 Å². The van der Waals surface area contributed by atoms with E-state index in [0.717, 1.165) is 15.6 Å². The highest BCUT2D eigenvalue weighted by Gasteiger charge is 1.91. The molecule has 0 unspecified atom stereocenters. The predicted octanol–water partition coefficient (Wildman–Crippen LogP) is 0.632. The average molecular weight is 116 g/mol. The number of carboxylic acid groups (broad SMARTS) is 1. The average Bonchev–Trinajstić information content (AvgIpc) is 1.61. The molecule has 7 heavy (non-hydrogen) atoms. The van der Waals surface area contributed by atoms with Crippen LogP contribution in [0.4, 0.5) is 0 Å². The summed E-state index contributed by atoms with van der Waals surface area (Å²) in [6, 6.07) is 0.829. The minimum absolute atomic E-state index is 0.328. The van der Waals surface area contributed by atoms with E-state index in [1.165, 1.54) is 0 Å². The normalized spacial score (nSPS) is 8.71. The molecule has 0 amide bonds. The Bertz CT molecular complexity index is 62.7. The zero-order chi connectivity index (χ0) is 5.70. The van der Waals surface area contributed by atoms with E-state index in [-0.39, 0.29) is 0 Å². The molecule has 0 aliphatic rings. The molecule has 1 N–H and O–H groups in total. The van der Waals surface area contributed by atoms with E-state index in [4.69, 9.17) is 5.11 Å². The molecule has 2 nitrogen and oxygen atoms in total. The molecule has 0 spiro atoms. The van der Waals surface area contributed by atoms with Crippen molar-refractivity contribution in [3.63, 3.8) is 0 Å². The standard InChI is InChI=1S/C4H8O2Si/c1-7-3-2-4(5)6/h2-3H2,1H3,(H,5,6). The van der Waals surface area contributed by atoms with Crippen molar-refractivity contribution in [2.45, 2.75) is 19.0 Å². The van der Waals surface area contributed by atoms with Gasteiger partial charge in [0.1, 0.15) is 0 Å². The fourth-order valence-electron chi connectivity index (χ4n) is 0.232. The van der Waals surface area contributed by atoms with Gasteiger partial charge in [0.15, 0.2) is 0 Å². The molecule has 0 saturated heterocycles. The fraction of sp³-hybridized carbons (Fsp3) is 0.750. The molecule has 0 aliphatic carbocycles. The highest BCUT2D eigenvalue weighted by atomic mass is 28.2. The summed E-state index contributed by atoms with van der Waals surface area (Å²) >= 11 is 0. The van der Waals surface area contributed by atoms with Crippen LogP contribution in [-0.4, -0.2) is 20.6 Å². The largest absolute Gasteiger partial charge is 0.481 e. The second kappa shape index (κ2) is 3.86. The molecule has 0 aromatic carbocycles. The SMILES string of the molecule is C[Si]CCC(=O)O. The molecule has 0 aromatic heterocycles. The van der Waals surface area contributed by atoms with Gasteiger partial charge >= 0.3 is 5.97 Å². The minimum atomic E-state index is -0.686. The van der Waals surface area contributed by atoms with Crippen molar-refractivity contribution >= 4 is 15.5 Å². The Hall–Kier alpha value is -0.313. The molecule has 0 saturated carbocycles. The molecule has 2 radical (unpaired) electrons. The third kappa shape index (κ3) is 5.69. The first-order chi connectivity index (χ1) is 3.27. The first-order valence-corrected chi connectivity index (χ1v) is 3.84. The van der Waals surface area contributed by atoms with Gasteiger partial charge in [-0.2, -0.15) is 0 Å². The van der Waals surface area contributed by atoms with Crippen LogP contribution >= 0.6 is 0 Å². The number of hydrogen-bond donors (Lipinski definition) is 1. The van der Waals surface area contributed by atoms with Crippen LogP contribution in [0.25, 0.3) is 0 Å². The van der Waals surface area contributed by atoms with Crippen molar-refractivity contribution in [2.75, 3.05) is 0 Å². The molecule has 0 heterocycles. The monoisotopic (exact) mass is 116 g/mol. The van der Waals surface area contributed by atoms with Crippen molar-refractivity contribution in [1.82, 2.24) is 0 Å². The lowest BCUT2D eigenvalue weighted by Crippen LogP contribution is -1.94. The molecule has 0 fully saturated rings. The molecule has 0 atom stereocenters. The summed E-state index contributed by atoms with van der Waals surface area (Å²) in [4.78, 5) is 9.76. The van der Waals surface area contributed by atoms with Crippen LogP contribution in [0.5, 0.6) is 0 Å². The summed E-state index contributed by atoms with van der Waals surface area (Å²) < 4.78 is 0. The van der Waals surface area contributed by atoms with Crippen LogP contribution in [0.3, 0.4) is 0 Å². The summed E-state index contributed by atoms with van der Waals surface area (Å²) in [6.45, 7) is 2.00. The number of carbonyl (C=O) groups is 1. The Labute approximate surface area is 45.4 Å². The summed E-state index contributed by atoms with van der Waals surface area (Å²) in [5.41, 5.74) is 0. The highest BCUT2D eigenvalue weighted by molar-refractivity contribution is 6.33. The maximum atomic E-state index is 9.76. The van der Waals surface area contributed by atoms with Crippen molar-refractivity contribution in [2.24, 2.45) is 0 Å². The third-order valence-corrected chi connectivity index (χ3v) is 1.34. The molecule has 0 aromatic rings. The van der Waals surface area contributed by atoms with Gasteiger partial charge in [-0.05, 0) is 0 Å². The Morgan fingerprint density at radius 3 is 2.57 bits per heavy atom. The second-order valence-corrected chi connectivity index (χ2v) is 2.45. The van der Waals surface area contributed by atoms with Crippen molar-refractivity contribution in [1.29, 1.82) is 0 Å². The zero-order valence-corrected chi connectivity index (χ0v) is 5.27. The fourth-order valence-corrected chi connectivity index (χ4v) is 0.696. The number of hydrogen-bond acceptors (Lipinski definition) is 1. The molecule has 0 rings (SSSR count). The first kappa shape index (κ1) is 6.69. The lowest BCUT2D eigenvalue weighted by atomic mass is 10.5. The molecular formula is C4H8O2Si. The quantitative estimate of drug-likeness (QED) is 0.549. The van der Waals surface area contributed by atoms with Crippen LogP contribution < -0.4 is 0 Å². The number of aliphatic carboxylic acids is 1. The summed E-state index contributed by atoms with van der Waals surface area (Å²) in [5, 5.41) is 8.05. The van der Waals surface area contributed by atoms with Crippen LogP contribution in [0.2, 0.25) is 12.6 Å². The molecule has 0 aliphatic heterocycles. The highest BCUT2D eigenvalue weighted by Crippen LogP contribution is 1.85. The van der Waals surface area contributed by atoms with Crippen LogP contribution in [0.1, 0.15) is 6.42 Å². The van der Waals surface area contributed by atoms with Crippen molar-refractivity contribution in [3.8, 4) is 0 Å². The number of rotatable bonds is 3. The topological polar surface area (TPSA) is 37.3 Å². The van der Waals surface area contributed by atoms with Crippen molar-refractivity contribution < 1.29 is 9.90 Å². The third-order valence-electron chi connectivity index (χ3n) is 0.589. The van der Waals surface area contributed by atoms with E-state index in [1.54, 1.807) is 0 Å². The summed E-state index contributed by atoms with van der Waals surface area (Å²) in [7, 11) is 0.770. The van der Waals surface area contributed by atoms with E-state index in [9.17, 15) is 4.79 Å². The van der Waals surface area contributed by atoms with Crippen LogP contribution in [0, 0.1) is 0 Å². The lowest BCUT2D eigenvalue weighted by molar-refractivity contribution is -0.136. The summed E-state index contributed by atoms with van der Waals surface area (Å²) in [6.07, 6.45) is 0.328. The molecular weight excluding hydrogens is 108 g/mol. The van der Waals surface area contributed by atoms with E-state index >= 15 is 0 Å². The lowest BCUT2D eigenvalue weighted by Gasteiger charge is -1.84. The smallest absolute Gasteiger partial charge is 0.303 e. The van der Waals surface area contributed by atoms with Gasteiger partial charge in [0.25, 0.3) is 0 Å². The van der Waals surface area contributed by atoms with E-state index in [1.807, 2.05) is 6.55 Å². The maximum absolute atomic E-state index is 9.76. The van der Waals surface area contributed by atoms with E-state index in [2.05, 4.69) is 0 Å². The van der Waals surface area contributed by atoms with Gasteiger partial charge in [0.2, 0.25) is 0 Å². The van der Waals surface area contributed by atoms with Crippen LogP contribution in [0.15, 0.2) is 0 Å². The van der Waals surface area contributed by atoms with Crippen LogP contribution in [-0.2, 0) is 4.79 Å². The Kier molecular flexibility index (Phi) is 3.69. The van der Waals surface area contributed by atoms with E-state index in [0.29, 0.717) is 6.42 Å². The molecule has 40 valence electrons. The van der Waals surface area contributed by atoms with Crippen molar-refractivity contribution in [3.05, 3.63) is 0 Å². The van der Waals surface area contributed by atoms with Gasteiger partial charge in [-0.15, -0.1) is 0 Å². The molecule has 0 bridgehead atoms. The Morgan fingerprint density at radius 2 is 2.43 bits per heavy atom. The number of carboxylic acids is 1. The zero-order valence-electron chi connectivity index (χ0n) is 4.27. The summed E-state index contributed by atoms with van der Waals surface area (Å²) in [5.74, 6) is -0.686. The predicted molar refractivity (Wildman–Crippen MR) is 28.7 cm³/mol. The van der Waals surface area contributed by atoms with Gasteiger partial charge in [0.05, 0.1) is 0 Å². The van der Waals surface area contributed by atoms with Gasteiger partial charge in [0, 0.05) is 15.9 Å². The minimum Gasteiger partial charge on any atom is -0.481 e. The second-order valence-electron chi connectivity index (χ2n) is 1.25.